The third-order valence-electron chi connectivity index (χ3n) is 2.71. The average molecular weight is 296 g/mol. The lowest BCUT2D eigenvalue weighted by Gasteiger charge is -2.09. The Balaban J connectivity index is 2.18. The number of aromatic amines is 1. The maximum absolute atomic E-state index is 12.4. The van der Waals surface area contributed by atoms with Crippen molar-refractivity contribution in [2.75, 3.05) is 5.32 Å². The number of anilines is 1. The Morgan fingerprint density at radius 2 is 1.76 bits per heavy atom. The molecule has 0 spiro atoms. The first-order valence-electron chi connectivity index (χ1n) is 5.95. The van der Waals surface area contributed by atoms with Crippen molar-refractivity contribution < 1.29 is 18.0 Å². The van der Waals surface area contributed by atoms with Gasteiger partial charge in [0.15, 0.2) is 0 Å². The highest BCUT2D eigenvalue weighted by Gasteiger charge is 2.29. The molecule has 0 fully saturated rings. The second-order valence-electron chi connectivity index (χ2n) is 4.45. The fourth-order valence-corrected chi connectivity index (χ4v) is 1.76. The minimum absolute atomic E-state index is 0.135. The summed E-state index contributed by atoms with van der Waals surface area (Å²) in [5.41, 5.74) is -0.359. The molecule has 0 saturated carbocycles. The fraction of sp³-hybridized carbons (Fsp3) is 0.143. The highest BCUT2D eigenvalue weighted by molar-refractivity contribution is 6.04. The number of benzene rings is 1. The zero-order chi connectivity index (χ0) is 15.6. The molecule has 1 aromatic heterocycles. The molecule has 0 atom stereocenters. The van der Waals surface area contributed by atoms with Crippen molar-refractivity contribution in [2.24, 2.45) is 0 Å². The van der Waals surface area contributed by atoms with Crippen LogP contribution in [0, 0.1) is 6.92 Å². The van der Waals surface area contributed by atoms with Crippen molar-refractivity contribution in [3.05, 3.63) is 63.6 Å². The molecular formula is C14H11F3N2O2. The summed E-state index contributed by atoms with van der Waals surface area (Å²) < 4.78 is 37.2. The Morgan fingerprint density at radius 1 is 1.14 bits per heavy atom. The van der Waals surface area contributed by atoms with Crippen LogP contribution in [0.15, 0.2) is 41.2 Å². The number of carbonyl (C=O) groups is 1. The SMILES string of the molecule is Cc1cc(C(=O)Nc2ccc(C(F)(F)F)cc2)cc(=O)[nH]1. The van der Waals surface area contributed by atoms with Gasteiger partial charge in [-0.3, -0.25) is 9.59 Å². The van der Waals surface area contributed by atoms with Crippen molar-refractivity contribution in [3.8, 4) is 0 Å². The minimum Gasteiger partial charge on any atom is -0.326 e. The van der Waals surface area contributed by atoms with Crippen LogP contribution in [0.2, 0.25) is 0 Å². The van der Waals surface area contributed by atoms with E-state index >= 15 is 0 Å². The number of carbonyl (C=O) groups excluding carboxylic acids is 1. The van der Waals surface area contributed by atoms with Crippen LogP contribution in [0.5, 0.6) is 0 Å². The number of halogens is 3. The molecule has 1 amide bonds. The topological polar surface area (TPSA) is 62.0 Å². The molecular weight excluding hydrogens is 285 g/mol. The zero-order valence-corrected chi connectivity index (χ0v) is 10.9. The second-order valence-corrected chi connectivity index (χ2v) is 4.45. The van der Waals surface area contributed by atoms with Crippen LogP contribution in [0.3, 0.4) is 0 Å². The number of aromatic nitrogens is 1. The van der Waals surface area contributed by atoms with Crippen LogP contribution < -0.4 is 10.9 Å². The summed E-state index contributed by atoms with van der Waals surface area (Å²) in [7, 11) is 0. The number of aryl methyl sites for hydroxylation is 1. The van der Waals surface area contributed by atoms with Crippen molar-refractivity contribution in [1.82, 2.24) is 4.98 Å². The Hall–Kier alpha value is -2.57. The van der Waals surface area contributed by atoms with E-state index in [9.17, 15) is 22.8 Å². The molecule has 2 rings (SSSR count). The third kappa shape index (κ3) is 3.71. The summed E-state index contributed by atoms with van der Waals surface area (Å²) in [5.74, 6) is -0.566. The standard InChI is InChI=1S/C14H11F3N2O2/c1-8-6-9(7-12(20)18-8)13(21)19-11-4-2-10(3-5-11)14(15,16)17/h2-7H,1H3,(H,18,20)(H,19,21). The van der Waals surface area contributed by atoms with Crippen LogP contribution in [-0.4, -0.2) is 10.9 Å². The number of alkyl halides is 3. The largest absolute Gasteiger partial charge is 0.416 e. The van der Waals surface area contributed by atoms with Crippen LogP contribution in [0.4, 0.5) is 18.9 Å². The van der Waals surface area contributed by atoms with E-state index in [4.69, 9.17) is 0 Å². The molecule has 0 aliphatic carbocycles. The molecule has 7 heteroatoms. The maximum Gasteiger partial charge on any atom is 0.416 e. The highest BCUT2D eigenvalue weighted by atomic mass is 19.4. The molecule has 2 aromatic rings. The predicted octanol–water partition coefficient (Wildman–Crippen LogP) is 2.95. The summed E-state index contributed by atoms with van der Waals surface area (Å²) in [5, 5.41) is 2.43. The monoisotopic (exact) mass is 296 g/mol. The lowest BCUT2D eigenvalue weighted by Crippen LogP contribution is -2.17. The second kappa shape index (κ2) is 5.43. The van der Waals surface area contributed by atoms with Crippen molar-refractivity contribution in [3.63, 3.8) is 0 Å². The summed E-state index contributed by atoms with van der Waals surface area (Å²) in [6, 6.07) is 6.64. The van der Waals surface area contributed by atoms with E-state index in [0.717, 1.165) is 30.3 Å². The molecule has 1 aromatic carbocycles. The number of amides is 1. The van der Waals surface area contributed by atoms with E-state index in [1.165, 1.54) is 6.07 Å². The molecule has 0 bridgehead atoms. The summed E-state index contributed by atoms with van der Waals surface area (Å²) >= 11 is 0. The molecule has 0 aliphatic heterocycles. The summed E-state index contributed by atoms with van der Waals surface area (Å²) in [6.07, 6.45) is -4.42. The normalized spacial score (nSPS) is 11.2. The van der Waals surface area contributed by atoms with E-state index in [1.54, 1.807) is 6.92 Å². The van der Waals surface area contributed by atoms with E-state index in [2.05, 4.69) is 10.3 Å². The molecule has 0 radical (unpaired) electrons. The smallest absolute Gasteiger partial charge is 0.326 e. The first kappa shape index (κ1) is 14.8. The first-order chi connectivity index (χ1) is 9.75. The van der Waals surface area contributed by atoms with Gasteiger partial charge in [0.2, 0.25) is 5.56 Å². The van der Waals surface area contributed by atoms with Crippen LogP contribution in [0.25, 0.3) is 0 Å². The first-order valence-corrected chi connectivity index (χ1v) is 5.95. The molecule has 0 unspecified atom stereocenters. The maximum atomic E-state index is 12.4. The van der Waals surface area contributed by atoms with Crippen molar-refractivity contribution in [2.45, 2.75) is 13.1 Å². The number of H-pyrrole nitrogens is 1. The number of rotatable bonds is 2. The van der Waals surface area contributed by atoms with Gasteiger partial charge in [0.05, 0.1) is 5.56 Å². The van der Waals surface area contributed by atoms with Gasteiger partial charge in [0.1, 0.15) is 0 Å². The van der Waals surface area contributed by atoms with Gasteiger partial charge in [-0.15, -0.1) is 0 Å². The lowest BCUT2D eigenvalue weighted by atomic mass is 10.2. The number of hydrogen-bond donors (Lipinski definition) is 2. The molecule has 0 aliphatic rings. The predicted molar refractivity (Wildman–Crippen MR) is 71.2 cm³/mol. The van der Waals surface area contributed by atoms with Gasteiger partial charge in [-0.2, -0.15) is 13.2 Å². The van der Waals surface area contributed by atoms with Gasteiger partial charge in [-0.1, -0.05) is 0 Å². The number of pyridine rings is 1. The van der Waals surface area contributed by atoms with Crippen LogP contribution >= 0.6 is 0 Å². The molecule has 4 nitrogen and oxygen atoms in total. The molecule has 1 heterocycles. The molecule has 2 N–H and O–H groups in total. The van der Waals surface area contributed by atoms with Gasteiger partial charge < -0.3 is 10.3 Å². The van der Waals surface area contributed by atoms with Gasteiger partial charge in [-0.25, -0.2) is 0 Å². The van der Waals surface area contributed by atoms with Crippen molar-refractivity contribution >= 4 is 11.6 Å². The Labute approximate surface area is 117 Å². The average Bonchev–Trinajstić information content (AvgIpc) is 2.37. The van der Waals surface area contributed by atoms with Gasteiger partial charge >= 0.3 is 6.18 Å². The van der Waals surface area contributed by atoms with E-state index in [-0.39, 0.29) is 11.3 Å². The van der Waals surface area contributed by atoms with Gasteiger partial charge in [0, 0.05) is 23.0 Å². The van der Waals surface area contributed by atoms with E-state index in [0.29, 0.717) is 5.69 Å². The summed E-state index contributed by atoms with van der Waals surface area (Å²) in [4.78, 5) is 25.7. The van der Waals surface area contributed by atoms with E-state index < -0.39 is 23.2 Å². The molecule has 21 heavy (non-hydrogen) atoms. The third-order valence-corrected chi connectivity index (χ3v) is 2.71. The Kier molecular flexibility index (Phi) is 3.84. The van der Waals surface area contributed by atoms with E-state index in [1.807, 2.05) is 0 Å². The minimum atomic E-state index is -4.42. The Bertz CT molecular complexity index is 718. The van der Waals surface area contributed by atoms with Gasteiger partial charge in [-0.05, 0) is 37.3 Å². The Morgan fingerprint density at radius 3 is 2.29 bits per heavy atom. The molecule has 0 saturated heterocycles. The zero-order valence-electron chi connectivity index (χ0n) is 10.9. The van der Waals surface area contributed by atoms with Gasteiger partial charge in [0.25, 0.3) is 5.91 Å². The fourth-order valence-electron chi connectivity index (χ4n) is 1.76. The van der Waals surface area contributed by atoms with Crippen LogP contribution in [-0.2, 0) is 6.18 Å². The lowest BCUT2D eigenvalue weighted by molar-refractivity contribution is -0.137. The molecule has 110 valence electrons. The van der Waals surface area contributed by atoms with Crippen molar-refractivity contribution in [1.29, 1.82) is 0 Å². The van der Waals surface area contributed by atoms with Crippen LogP contribution in [0.1, 0.15) is 21.6 Å². The number of hydrogen-bond acceptors (Lipinski definition) is 2. The summed E-state index contributed by atoms with van der Waals surface area (Å²) in [6.45, 7) is 1.62. The highest BCUT2D eigenvalue weighted by Crippen LogP contribution is 2.29. The quantitative estimate of drug-likeness (QED) is 0.895. The number of nitrogens with one attached hydrogen (secondary N) is 2.